The molecule has 1 N–H and O–H groups in total. The average Bonchev–Trinajstić information content (AvgIpc) is 2.86. The number of halogens is 2. The zero-order valence-electron chi connectivity index (χ0n) is 9.72. The van der Waals surface area contributed by atoms with E-state index in [1.165, 1.54) is 12.1 Å². The summed E-state index contributed by atoms with van der Waals surface area (Å²) in [5.74, 6) is -0.705. The van der Waals surface area contributed by atoms with Crippen LogP contribution in [-0.2, 0) is 6.54 Å². The molecule has 96 valence electrons. The highest BCUT2D eigenvalue weighted by atomic mass is 19.1. The quantitative estimate of drug-likeness (QED) is 0.783. The Balaban J connectivity index is 1.84. The molecular formula is C12H9F2N5. The van der Waals surface area contributed by atoms with Gasteiger partial charge in [0, 0.05) is 30.6 Å². The number of aromatic nitrogens is 4. The Morgan fingerprint density at radius 2 is 2.16 bits per heavy atom. The normalized spacial score (nSPS) is 10.8. The summed E-state index contributed by atoms with van der Waals surface area (Å²) in [6.07, 6.45) is 4.83. The van der Waals surface area contributed by atoms with Gasteiger partial charge in [-0.25, -0.2) is 13.8 Å². The molecule has 3 rings (SSSR count). The zero-order valence-corrected chi connectivity index (χ0v) is 9.72. The summed E-state index contributed by atoms with van der Waals surface area (Å²) in [6, 6.07) is 3.45. The number of benzene rings is 1. The molecule has 5 nitrogen and oxygen atoms in total. The molecule has 2 heterocycles. The van der Waals surface area contributed by atoms with Crippen molar-refractivity contribution < 1.29 is 8.78 Å². The van der Waals surface area contributed by atoms with Crippen molar-refractivity contribution in [1.29, 1.82) is 0 Å². The highest BCUT2D eigenvalue weighted by Crippen LogP contribution is 2.14. The molecule has 3 aromatic rings. The highest BCUT2D eigenvalue weighted by molar-refractivity contribution is 5.61. The molecule has 0 aliphatic heterocycles. The fraction of sp³-hybridized carbons (Fsp3) is 0.0833. The minimum absolute atomic E-state index is 0.186. The van der Waals surface area contributed by atoms with E-state index in [-0.39, 0.29) is 6.54 Å². The van der Waals surface area contributed by atoms with E-state index in [9.17, 15) is 8.78 Å². The Kier molecular flexibility index (Phi) is 2.79. The van der Waals surface area contributed by atoms with Gasteiger partial charge in [-0.1, -0.05) is 6.07 Å². The SMILES string of the molecule is Fc1ccc(CNc2nccn3cnnc23)c(F)c1. The molecule has 0 unspecified atom stereocenters. The molecule has 0 spiro atoms. The molecule has 19 heavy (non-hydrogen) atoms. The first kappa shape index (κ1) is 11.5. The molecule has 0 fully saturated rings. The van der Waals surface area contributed by atoms with Crippen LogP contribution in [0.2, 0.25) is 0 Å². The smallest absolute Gasteiger partial charge is 0.203 e. The minimum Gasteiger partial charge on any atom is -0.363 e. The van der Waals surface area contributed by atoms with Gasteiger partial charge < -0.3 is 5.32 Å². The Bertz CT molecular complexity index is 725. The van der Waals surface area contributed by atoms with Crippen molar-refractivity contribution in [2.75, 3.05) is 5.32 Å². The molecule has 0 saturated heterocycles. The standard InChI is InChI=1S/C12H9F2N5/c13-9-2-1-8(10(14)5-9)6-16-11-12-18-17-7-19(12)4-3-15-11/h1-5,7H,6H2,(H,15,16). The molecule has 0 aliphatic rings. The predicted molar refractivity (Wildman–Crippen MR) is 64.5 cm³/mol. The number of anilines is 1. The monoisotopic (exact) mass is 261 g/mol. The molecule has 0 radical (unpaired) electrons. The summed E-state index contributed by atoms with van der Waals surface area (Å²) in [7, 11) is 0. The molecule has 2 aromatic heterocycles. The van der Waals surface area contributed by atoms with Crippen molar-refractivity contribution in [3.05, 3.63) is 54.1 Å². The third-order valence-electron chi connectivity index (χ3n) is 2.68. The fourth-order valence-electron chi connectivity index (χ4n) is 1.73. The van der Waals surface area contributed by atoms with E-state index in [1.54, 1.807) is 23.1 Å². The van der Waals surface area contributed by atoms with E-state index in [0.717, 1.165) is 6.07 Å². The molecule has 0 aliphatic carbocycles. The van der Waals surface area contributed by atoms with Crippen molar-refractivity contribution in [3.63, 3.8) is 0 Å². The molecule has 0 amide bonds. The number of hydrogen-bond acceptors (Lipinski definition) is 4. The summed E-state index contributed by atoms with van der Waals surface area (Å²) >= 11 is 0. The number of rotatable bonds is 3. The Hall–Kier alpha value is -2.57. The Morgan fingerprint density at radius 3 is 3.00 bits per heavy atom. The van der Waals surface area contributed by atoms with Crippen molar-refractivity contribution >= 4 is 11.5 Å². The van der Waals surface area contributed by atoms with Crippen LogP contribution in [0.3, 0.4) is 0 Å². The highest BCUT2D eigenvalue weighted by Gasteiger charge is 2.07. The Labute approximate surface area is 106 Å². The van der Waals surface area contributed by atoms with E-state index in [1.807, 2.05) is 0 Å². The van der Waals surface area contributed by atoms with Crippen molar-refractivity contribution in [2.24, 2.45) is 0 Å². The molecule has 0 saturated carbocycles. The van der Waals surface area contributed by atoms with Crippen molar-refractivity contribution in [3.8, 4) is 0 Å². The molecular weight excluding hydrogens is 252 g/mol. The first-order valence-corrected chi connectivity index (χ1v) is 5.56. The van der Waals surface area contributed by atoms with Crippen LogP contribution in [0.4, 0.5) is 14.6 Å². The van der Waals surface area contributed by atoms with Gasteiger partial charge in [-0.2, -0.15) is 0 Å². The van der Waals surface area contributed by atoms with Gasteiger partial charge in [-0.15, -0.1) is 10.2 Å². The van der Waals surface area contributed by atoms with Gasteiger partial charge in [0.25, 0.3) is 0 Å². The van der Waals surface area contributed by atoms with Crippen LogP contribution in [0, 0.1) is 11.6 Å². The van der Waals surface area contributed by atoms with E-state index in [4.69, 9.17) is 0 Å². The third kappa shape index (κ3) is 2.22. The van der Waals surface area contributed by atoms with Gasteiger partial charge in [0.15, 0.2) is 5.82 Å². The van der Waals surface area contributed by atoms with Crippen LogP contribution in [0.15, 0.2) is 36.9 Å². The maximum absolute atomic E-state index is 13.5. The number of hydrogen-bond donors (Lipinski definition) is 1. The van der Waals surface area contributed by atoms with Gasteiger partial charge >= 0.3 is 0 Å². The topological polar surface area (TPSA) is 55.1 Å². The fourth-order valence-corrected chi connectivity index (χ4v) is 1.73. The first-order valence-electron chi connectivity index (χ1n) is 5.56. The van der Waals surface area contributed by atoms with Crippen LogP contribution in [0.25, 0.3) is 5.65 Å². The van der Waals surface area contributed by atoms with Crippen LogP contribution >= 0.6 is 0 Å². The van der Waals surface area contributed by atoms with Gasteiger partial charge in [0.05, 0.1) is 0 Å². The molecule has 1 aromatic carbocycles. The second kappa shape index (κ2) is 4.60. The van der Waals surface area contributed by atoms with Crippen molar-refractivity contribution in [2.45, 2.75) is 6.54 Å². The second-order valence-electron chi connectivity index (χ2n) is 3.93. The molecule has 7 heteroatoms. The lowest BCUT2D eigenvalue weighted by atomic mass is 10.2. The van der Waals surface area contributed by atoms with Gasteiger partial charge in [0.1, 0.15) is 18.0 Å². The number of nitrogens with one attached hydrogen (secondary N) is 1. The lowest BCUT2D eigenvalue weighted by Crippen LogP contribution is -2.05. The van der Waals surface area contributed by atoms with Crippen LogP contribution in [0.1, 0.15) is 5.56 Å². The largest absolute Gasteiger partial charge is 0.363 e. The van der Waals surface area contributed by atoms with E-state index < -0.39 is 11.6 Å². The lowest BCUT2D eigenvalue weighted by Gasteiger charge is -2.07. The summed E-state index contributed by atoms with van der Waals surface area (Å²) < 4.78 is 27.9. The number of fused-ring (bicyclic) bond motifs is 1. The molecule has 0 atom stereocenters. The maximum atomic E-state index is 13.5. The summed E-state index contributed by atoms with van der Waals surface area (Å²) in [5, 5.41) is 10.6. The Morgan fingerprint density at radius 1 is 1.26 bits per heavy atom. The summed E-state index contributed by atoms with van der Waals surface area (Å²) in [4.78, 5) is 4.11. The minimum atomic E-state index is -0.598. The summed E-state index contributed by atoms with van der Waals surface area (Å²) in [5.41, 5.74) is 0.898. The second-order valence-corrected chi connectivity index (χ2v) is 3.93. The maximum Gasteiger partial charge on any atom is 0.203 e. The van der Waals surface area contributed by atoms with Gasteiger partial charge in [0.2, 0.25) is 5.65 Å². The zero-order chi connectivity index (χ0) is 13.2. The van der Waals surface area contributed by atoms with E-state index >= 15 is 0 Å². The van der Waals surface area contributed by atoms with Gasteiger partial charge in [-0.05, 0) is 6.07 Å². The van der Waals surface area contributed by atoms with E-state index in [2.05, 4.69) is 20.5 Å². The van der Waals surface area contributed by atoms with E-state index in [0.29, 0.717) is 17.0 Å². The van der Waals surface area contributed by atoms with Crippen LogP contribution in [-0.4, -0.2) is 19.6 Å². The summed E-state index contributed by atoms with van der Waals surface area (Å²) in [6.45, 7) is 0.186. The average molecular weight is 261 g/mol. The lowest BCUT2D eigenvalue weighted by molar-refractivity contribution is 0.574. The van der Waals surface area contributed by atoms with Crippen LogP contribution < -0.4 is 5.32 Å². The van der Waals surface area contributed by atoms with Gasteiger partial charge in [-0.3, -0.25) is 4.40 Å². The first-order chi connectivity index (χ1) is 9.24. The van der Waals surface area contributed by atoms with Crippen molar-refractivity contribution in [1.82, 2.24) is 19.6 Å². The third-order valence-corrected chi connectivity index (χ3v) is 2.68. The predicted octanol–water partition coefficient (Wildman–Crippen LogP) is 2.01. The number of nitrogens with zero attached hydrogens (tertiary/aromatic N) is 4. The molecule has 0 bridgehead atoms. The van der Waals surface area contributed by atoms with Crippen LogP contribution in [0.5, 0.6) is 0 Å².